The fourth-order valence-electron chi connectivity index (χ4n) is 4.11. The van der Waals surface area contributed by atoms with E-state index in [1.807, 2.05) is 24.3 Å². The van der Waals surface area contributed by atoms with E-state index in [0.717, 1.165) is 30.4 Å². The molecule has 1 N–H and O–H groups in total. The number of benzene rings is 2. The van der Waals surface area contributed by atoms with Crippen LogP contribution in [0.2, 0.25) is 0 Å². The van der Waals surface area contributed by atoms with Crippen molar-refractivity contribution < 1.29 is 9.90 Å². The average Bonchev–Trinajstić information content (AvgIpc) is 2.67. The molecule has 1 amide bonds. The number of carbonyl (C=O) groups is 1. The molecule has 0 radical (unpaired) electrons. The molecule has 0 aliphatic carbocycles. The number of likely N-dealkylation sites (tertiary alicyclic amines) is 1. The van der Waals surface area contributed by atoms with Gasteiger partial charge in [-0.15, -0.1) is 0 Å². The summed E-state index contributed by atoms with van der Waals surface area (Å²) in [5, 5.41) is 10.7. The summed E-state index contributed by atoms with van der Waals surface area (Å²) in [7, 11) is 0. The zero-order valence-corrected chi connectivity index (χ0v) is 16.2. The Kier molecular flexibility index (Phi) is 5.11. The molecule has 2 aromatic carbocycles. The molecular formula is C21H23BrN2O2. The van der Waals surface area contributed by atoms with Gasteiger partial charge < -0.3 is 10.0 Å². The third-order valence-electron chi connectivity index (χ3n) is 5.55. The van der Waals surface area contributed by atoms with E-state index in [1.165, 1.54) is 11.1 Å². The molecule has 1 fully saturated rings. The normalized spacial score (nSPS) is 23.5. The van der Waals surface area contributed by atoms with Crippen LogP contribution in [0.4, 0.5) is 0 Å². The van der Waals surface area contributed by atoms with Crippen LogP contribution in [0.1, 0.15) is 27.9 Å². The molecule has 1 saturated heterocycles. The van der Waals surface area contributed by atoms with E-state index < -0.39 is 6.10 Å². The predicted molar refractivity (Wildman–Crippen MR) is 105 cm³/mol. The quantitative estimate of drug-likeness (QED) is 0.820. The number of hydrogen-bond donors (Lipinski definition) is 1. The number of aliphatic hydroxyl groups excluding tert-OH is 1. The second-order valence-electron chi connectivity index (χ2n) is 7.17. The highest BCUT2D eigenvalue weighted by molar-refractivity contribution is 9.10. The van der Waals surface area contributed by atoms with Gasteiger partial charge in [0.25, 0.3) is 5.91 Å². The Morgan fingerprint density at radius 1 is 1.04 bits per heavy atom. The standard InChI is InChI=1S/C21H23BrN2O2/c22-18-7-5-16(6-8-18)21(26)24-12-10-19(20(25)14-24)23-11-9-15-3-1-2-4-17(15)13-23/h1-8,19-20,25H,9-14H2/t19-,20-/m1/s1. The van der Waals surface area contributed by atoms with Crippen molar-refractivity contribution in [3.8, 4) is 0 Å². The van der Waals surface area contributed by atoms with Crippen molar-refractivity contribution in [2.45, 2.75) is 31.5 Å². The Morgan fingerprint density at radius 3 is 2.50 bits per heavy atom. The summed E-state index contributed by atoms with van der Waals surface area (Å²) in [6.45, 7) is 2.95. The van der Waals surface area contributed by atoms with Crippen molar-refractivity contribution in [1.82, 2.24) is 9.80 Å². The van der Waals surface area contributed by atoms with Crippen LogP contribution in [0.5, 0.6) is 0 Å². The van der Waals surface area contributed by atoms with E-state index >= 15 is 0 Å². The van der Waals surface area contributed by atoms with Gasteiger partial charge in [-0.2, -0.15) is 0 Å². The van der Waals surface area contributed by atoms with Crippen molar-refractivity contribution in [2.24, 2.45) is 0 Å². The van der Waals surface area contributed by atoms with Crippen LogP contribution >= 0.6 is 15.9 Å². The molecule has 4 nitrogen and oxygen atoms in total. The molecular weight excluding hydrogens is 392 g/mol. The molecule has 0 unspecified atom stereocenters. The van der Waals surface area contributed by atoms with Gasteiger partial charge in [0.15, 0.2) is 0 Å². The summed E-state index contributed by atoms with van der Waals surface area (Å²) in [6, 6.07) is 16.1. The zero-order valence-electron chi connectivity index (χ0n) is 14.6. The highest BCUT2D eigenvalue weighted by atomic mass is 79.9. The van der Waals surface area contributed by atoms with Gasteiger partial charge in [0.1, 0.15) is 0 Å². The third kappa shape index (κ3) is 3.56. The van der Waals surface area contributed by atoms with Crippen molar-refractivity contribution in [1.29, 1.82) is 0 Å². The number of fused-ring (bicyclic) bond motifs is 1. The fraction of sp³-hybridized carbons (Fsp3) is 0.381. The molecule has 2 atom stereocenters. The highest BCUT2D eigenvalue weighted by Crippen LogP contribution is 2.26. The second-order valence-corrected chi connectivity index (χ2v) is 8.09. The molecule has 0 saturated carbocycles. The zero-order chi connectivity index (χ0) is 18.1. The van der Waals surface area contributed by atoms with Crippen molar-refractivity contribution >= 4 is 21.8 Å². The van der Waals surface area contributed by atoms with Crippen LogP contribution in [0.15, 0.2) is 53.0 Å². The van der Waals surface area contributed by atoms with Gasteiger partial charge in [0, 0.05) is 42.3 Å². The Morgan fingerprint density at radius 2 is 1.77 bits per heavy atom. The molecule has 136 valence electrons. The first kappa shape index (κ1) is 17.7. The number of piperidine rings is 1. The van der Waals surface area contributed by atoms with Crippen LogP contribution in [-0.2, 0) is 13.0 Å². The Bertz CT molecular complexity index is 793. The number of nitrogens with zero attached hydrogens (tertiary/aromatic N) is 2. The number of amides is 1. The highest BCUT2D eigenvalue weighted by Gasteiger charge is 2.35. The number of hydrogen-bond acceptors (Lipinski definition) is 3. The van der Waals surface area contributed by atoms with E-state index in [1.54, 1.807) is 4.90 Å². The summed E-state index contributed by atoms with van der Waals surface area (Å²) in [6.07, 6.45) is 1.33. The first-order valence-electron chi connectivity index (χ1n) is 9.15. The second kappa shape index (κ2) is 7.51. The lowest BCUT2D eigenvalue weighted by atomic mass is 9.94. The molecule has 0 spiro atoms. The minimum Gasteiger partial charge on any atom is -0.390 e. The average molecular weight is 415 g/mol. The monoisotopic (exact) mass is 414 g/mol. The number of β-amino-alcohol motifs (C(OH)–C–C–N with tert-alkyl or cyclic N) is 1. The van der Waals surface area contributed by atoms with E-state index in [9.17, 15) is 9.90 Å². The molecule has 2 aliphatic heterocycles. The maximum absolute atomic E-state index is 12.7. The van der Waals surface area contributed by atoms with Crippen molar-refractivity contribution in [3.05, 3.63) is 69.7 Å². The van der Waals surface area contributed by atoms with Gasteiger partial charge in [-0.3, -0.25) is 9.69 Å². The van der Waals surface area contributed by atoms with Gasteiger partial charge in [0.2, 0.25) is 0 Å². The summed E-state index contributed by atoms with van der Waals surface area (Å²) in [4.78, 5) is 16.9. The lowest BCUT2D eigenvalue weighted by Crippen LogP contribution is -2.56. The summed E-state index contributed by atoms with van der Waals surface area (Å²) < 4.78 is 0.957. The Balaban J connectivity index is 1.41. The Hall–Kier alpha value is -1.69. The van der Waals surface area contributed by atoms with E-state index in [2.05, 4.69) is 45.1 Å². The summed E-state index contributed by atoms with van der Waals surface area (Å²) in [5.74, 6) is -0.000935. The van der Waals surface area contributed by atoms with E-state index in [-0.39, 0.29) is 11.9 Å². The molecule has 2 heterocycles. The number of carbonyl (C=O) groups excluding carboxylic acids is 1. The predicted octanol–water partition coefficient (Wildman–Crippen LogP) is 3.08. The van der Waals surface area contributed by atoms with Crippen molar-refractivity contribution in [3.63, 3.8) is 0 Å². The Labute approximate surface area is 162 Å². The minimum atomic E-state index is -0.506. The van der Waals surface area contributed by atoms with E-state index in [4.69, 9.17) is 0 Å². The molecule has 2 aromatic rings. The van der Waals surface area contributed by atoms with Gasteiger partial charge in [-0.25, -0.2) is 0 Å². The van der Waals surface area contributed by atoms with Crippen LogP contribution in [-0.4, -0.2) is 52.6 Å². The van der Waals surface area contributed by atoms with Gasteiger partial charge in [0.05, 0.1) is 6.10 Å². The van der Waals surface area contributed by atoms with Gasteiger partial charge in [-0.05, 0) is 48.2 Å². The maximum Gasteiger partial charge on any atom is 0.253 e. The summed E-state index contributed by atoms with van der Waals surface area (Å²) >= 11 is 3.39. The fourth-order valence-corrected chi connectivity index (χ4v) is 4.37. The lowest BCUT2D eigenvalue weighted by molar-refractivity contribution is -0.0137. The van der Waals surface area contributed by atoms with Gasteiger partial charge in [-0.1, -0.05) is 40.2 Å². The first-order valence-corrected chi connectivity index (χ1v) is 9.95. The van der Waals surface area contributed by atoms with E-state index in [0.29, 0.717) is 18.7 Å². The molecule has 26 heavy (non-hydrogen) atoms. The molecule has 0 bridgehead atoms. The molecule has 5 heteroatoms. The SMILES string of the molecule is O=C(c1ccc(Br)cc1)N1CC[C@@H](N2CCc3ccccc3C2)[C@H](O)C1. The molecule has 4 rings (SSSR count). The topological polar surface area (TPSA) is 43.8 Å². The first-order chi connectivity index (χ1) is 12.6. The smallest absolute Gasteiger partial charge is 0.253 e. The maximum atomic E-state index is 12.7. The van der Waals surface area contributed by atoms with Crippen LogP contribution in [0.25, 0.3) is 0 Å². The van der Waals surface area contributed by atoms with Gasteiger partial charge >= 0.3 is 0 Å². The largest absolute Gasteiger partial charge is 0.390 e. The van der Waals surface area contributed by atoms with Crippen LogP contribution in [0, 0.1) is 0 Å². The third-order valence-corrected chi connectivity index (χ3v) is 6.08. The lowest BCUT2D eigenvalue weighted by Gasteiger charge is -2.43. The van der Waals surface area contributed by atoms with Crippen LogP contribution in [0.3, 0.4) is 0 Å². The number of rotatable bonds is 2. The number of aliphatic hydroxyl groups is 1. The minimum absolute atomic E-state index is 0.000935. The molecule has 2 aliphatic rings. The van der Waals surface area contributed by atoms with Crippen LogP contribution < -0.4 is 0 Å². The van der Waals surface area contributed by atoms with Crippen molar-refractivity contribution in [2.75, 3.05) is 19.6 Å². The molecule has 0 aromatic heterocycles. The number of halogens is 1. The summed E-state index contributed by atoms with van der Waals surface area (Å²) in [5.41, 5.74) is 3.45.